The molecule has 132 valence electrons. The standard InChI is InChI=1S/C17H36N2O3/c1-7-9-10-15(8-2)18-11-12-19(13-14-21-6)16(20)22-17(3,4)5/h15,18H,7-14H2,1-6H3. The van der Waals surface area contributed by atoms with Crippen molar-refractivity contribution in [1.82, 2.24) is 10.2 Å². The van der Waals surface area contributed by atoms with Crippen LogP contribution in [0, 0.1) is 0 Å². The summed E-state index contributed by atoms with van der Waals surface area (Å²) >= 11 is 0. The summed E-state index contributed by atoms with van der Waals surface area (Å²) in [5.41, 5.74) is -0.469. The number of unbranched alkanes of at least 4 members (excludes halogenated alkanes) is 1. The summed E-state index contributed by atoms with van der Waals surface area (Å²) in [6.45, 7) is 12.6. The van der Waals surface area contributed by atoms with Crippen LogP contribution in [0.25, 0.3) is 0 Å². The predicted octanol–water partition coefficient (Wildman–Crippen LogP) is 3.43. The monoisotopic (exact) mass is 316 g/mol. The second-order valence-corrected chi connectivity index (χ2v) is 6.66. The molecule has 0 saturated carbocycles. The van der Waals surface area contributed by atoms with Crippen LogP contribution in [0.15, 0.2) is 0 Å². The Hall–Kier alpha value is -0.810. The number of nitrogens with zero attached hydrogens (tertiary/aromatic N) is 1. The van der Waals surface area contributed by atoms with Crippen LogP contribution in [0.1, 0.15) is 60.3 Å². The molecule has 1 unspecified atom stereocenters. The number of carbonyl (C=O) groups excluding carboxylic acids is 1. The minimum Gasteiger partial charge on any atom is -0.444 e. The van der Waals surface area contributed by atoms with E-state index in [0.717, 1.165) is 13.0 Å². The maximum absolute atomic E-state index is 12.2. The number of rotatable bonds is 11. The van der Waals surface area contributed by atoms with Gasteiger partial charge in [-0.15, -0.1) is 0 Å². The summed E-state index contributed by atoms with van der Waals surface area (Å²) < 4.78 is 10.5. The van der Waals surface area contributed by atoms with Crippen LogP contribution < -0.4 is 5.32 Å². The van der Waals surface area contributed by atoms with Crippen LogP contribution in [0.4, 0.5) is 4.79 Å². The normalized spacial score (nSPS) is 13.0. The van der Waals surface area contributed by atoms with Gasteiger partial charge in [-0.1, -0.05) is 26.7 Å². The Morgan fingerprint density at radius 1 is 1.23 bits per heavy atom. The van der Waals surface area contributed by atoms with Crippen molar-refractivity contribution in [2.75, 3.05) is 33.4 Å². The lowest BCUT2D eigenvalue weighted by atomic mass is 10.1. The van der Waals surface area contributed by atoms with Gasteiger partial charge in [0.05, 0.1) is 6.61 Å². The number of carbonyl (C=O) groups is 1. The maximum atomic E-state index is 12.2. The number of nitrogens with one attached hydrogen (secondary N) is 1. The summed E-state index contributed by atoms with van der Waals surface area (Å²) in [6.07, 6.45) is 4.50. The lowest BCUT2D eigenvalue weighted by molar-refractivity contribution is 0.0202. The Morgan fingerprint density at radius 3 is 2.41 bits per heavy atom. The maximum Gasteiger partial charge on any atom is 0.410 e. The Bertz CT molecular complexity index is 290. The molecule has 0 spiro atoms. The molecule has 0 radical (unpaired) electrons. The molecule has 0 aromatic carbocycles. The molecule has 5 nitrogen and oxygen atoms in total. The van der Waals surface area contributed by atoms with E-state index in [2.05, 4.69) is 19.2 Å². The molecule has 0 aliphatic carbocycles. The highest BCUT2D eigenvalue weighted by Gasteiger charge is 2.21. The zero-order valence-corrected chi connectivity index (χ0v) is 15.4. The molecule has 1 atom stereocenters. The molecule has 22 heavy (non-hydrogen) atoms. The van der Waals surface area contributed by atoms with E-state index in [1.807, 2.05) is 20.8 Å². The lowest BCUT2D eigenvalue weighted by Gasteiger charge is -2.28. The molecule has 5 heteroatoms. The molecule has 0 saturated heterocycles. The van der Waals surface area contributed by atoms with Crippen molar-refractivity contribution >= 4 is 6.09 Å². The van der Waals surface area contributed by atoms with Gasteiger partial charge in [0.2, 0.25) is 0 Å². The van der Waals surface area contributed by atoms with E-state index in [9.17, 15) is 4.79 Å². The van der Waals surface area contributed by atoms with Crippen LogP contribution in [0.5, 0.6) is 0 Å². The quantitative estimate of drug-likeness (QED) is 0.634. The fraction of sp³-hybridized carbons (Fsp3) is 0.941. The number of hydrogen-bond acceptors (Lipinski definition) is 4. The molecular weight excluding hydrogens is 280 g/mol. The van der Waals surface area contributed by atoms with E-state index >= 15 is 0 Å². The van der Waals surface area contributed by atoms with Gasteiger partial charge in [-0.3, -0.25) is 0 Å². The molecule has 0 bridgehead atoms. The molecule has 1 N–H and O–H groups in total. The largest absolute Gasteiger partial charge is 0.444 e. The van der Waals surface area contributed by atoms with Gasteiger partial charge in [-0.25, -0.2) is 4.79 Å². The fourth-order valence-corrected chi connectivity index (χ4v) is 2.13. The van der Waals surface area contributed by atoms with Gasteiger partial charge in [0.25, 0.3) is 0 Å². The first-order chi connectivity index (χ1) is 10.3. The van der Waals surface area contributed by atoms with Crippen LogP contribution in [-0.4, -0.2) is 56.0 Å². The van der Waals surface area contributed by atoms with E-state index in [4.69, 9.17) is 9.47 Å². The summed E-state index contributed by atoms with van der Waals surface area (Å²) in [5, 5.41) is 3.54. The zero-order chi connectivity index (χ0) is 17.0. The summed E-state index contributed by atoms with van der Waals surface area (Å²) in [7, 11) is 1.64. The van der Waals surface area contributed by atoms with Gasteiger partial charge < -0.3 is 19.7 Å². The summed E-state index contributed by atoms with van der Waals surface area (Å²) in [4.78, 5) is 13.9. The first-order valence-corrected chi connectivity index (χ1v) is 8.54. The van der Waals surface area contributed by atoms with E-state index in [1.165, 1.54) is 19.3 Å². The topological polar surface area (TPSA) is 50.8 Å². The summed E-state index contributed by atoms with van der Waals surface area (Å²) in [5.74, 6) is 0. The second-order valence-electron chi connectivity index (χ2n) is 6.66. The van der Waals surface area contributed by atoms with Crippen molar-refractivity contribution in [3.63, 3.8) is 0 Å². The first-order valence-electron chi connectivity index (χ1n) is 8.54. The molecule has 1 amide bonds. The van der Waals surface area contributed by atoms with E-state index in [0.29, 0.717) is 25.7 Å². The third-order valence-corrected chi connectivity index (χ3v) is 3.43. The lowest BCUT2D eigenvalue weighted by Crippen LogP contribution is -2.43. The van der Waals surface area contributed by atoms with Gasteiger partial charge in [-0.2, -0.15) is 0 Å². The molecule has 0 aliphatic heterocycles. The Balaban J connectivity index is 4.31. The smallest absolute Gasteiger partial charge is 0.410 e. The van der Waals surface area contributed by atoms with Crippen LogP contribution >= 0.6 is 0 Å². The van der Waals surface area contributed by atoms with E-state index in [-0.39, 0.29) is 6.09 Å². The molecule has 0 rings (SSSR count). The molecular formula is C17H36N2O3. The Labute approximate surface area is 136 Å². The van der Waals surface area contributed by atoms with Gasteiger partial charge in [0, 0.05) is 32.8 Å². The molecule has 0 aliphatic rings. The van der Waals surface area contributed by atoms with Crippen LogP contribution in [-0.2, 0) is 9.47 Å². The van der Waals surface area contributed by atoms with Crippen molar-refractivity contribution in [3.8, 4) is 0 Å². The van der Waals surface area contributed by atoms with Crippen molar-refractivity contribution in [3.05, 3.63) is 0 Å². The molecule has 0 heterocycles. The van der Waals surface area contributed by atoms with Crippen molar-refractivity contribution in [2.24, 2.45) is 0 Å². The van der Waals surface area contributed by atoms with Crippen molar-refractivity contribution in [1.29, 1.82) is 0 Å². The average molecular weight is 316 g/mol. The Kier molecular flexibility index (Phi) is 11.3. The number of ether oxygens (including phenoxy) is 2. The van der Waals surface area contributed by atoms with Crippen molar-refractivity contribution < 1.29 is 14.3 Å². The highest BCUT2D eigenvalue weighted by Crippen LogP contribution is 2.10. The third kappa shape index (κ3) is 10.9. The number of amides is 1. The third-order valence-electron chi connectivity index (χ3n) is 3.43. The second kappa shape index (κ2) is 11.7. The van der Waals surface area contributed by atoms with Gasteiger partial charge >= 0.3 is 6.09 Å². The molecule has 0 aromatic rings. The highest BCUT2D eigenvalue weighted by atomic mass is 16.6. The van der Waals surface area contributed by atoms with Gasteiger partial charge in [0.1, 0.15) is 5.60 Å². The summed E-state index contributed by atoms with van der Waals surface area (Å²) in [6, 6.07) is 0.530. The van der Waals surface area contributed by atoms with E-state index in [1.54, 1.807) is 12.0 Å². The van der Waals surface area contributed by atoms with Crippen LogP contribution in [0.2, 0.25) is 0 Å². The minimum atomic E-state index is -0.469. The highest BCUT2D eigenvalue weighted by molar-refractivity contribution is 5.68. The van der Waals surface area contributed by atoms with Gasteiger partial charge in [-0.05, 0) is 33.6 Å². The molecule has 0 fully saturated rings. The minimum absolute atomic E-state index is 0.270. The average Bonchev–Trinajstić information content (AvgIpc) is 2.43. The number of hydrogen-bond donors (Lipinski definition) is 1. The van der Waals surface area contributed by atoms with Crippen molar-refractivity contribution in [2.45, 2.75) is 71.9 Å². The fourth-order valence-electron chi connectivity index (χ4n) is 2.13. The van der Waals surface area contributed by atoms with Gasteiger partial charge in [0.15, 0.2) is 0 Å². The SMILES string of the molecule is CCCCC(CC)NCCN(CCOC)C(=O)OC(C)(C)C. The number of methoxy groups -OCH3 is 1. The predicted molar refractivity (Wildman–Crippen MR) is 91.3 cm³/mol. The van der Waals surface area contributed by atoms with Crippen LogP contribution in [0.3, 0.4) is 0 Å². The molecule has 0 aromatic heterocycles. The Morgan fingerprint density at radius 2 is 1.91 bits per heavy atom. The van der Waals surface area contributed by atoms with E-state index < -0.39 is 5.60 Å². The first kappa shape index (κ1) is 21.2. The zero-order valence-electron chi connectivity index (χ0n) is 15.4.